The van der Waals surface area contributed by atoms with Crippen molar-refractivity contribution in [1.82, 2.24) is 5.32 Å². The fourth-order valence-electron chi connectivity index (χ4n) is 5.52. The highest BCUT2D eigenvalue weighted by Gasteiger charge is 2.41. The van der Waals surface area contributed by atoms with Crippen LogP contribution in [-0.2, 0) is 14.8 Å². The molecule has 1 amide bonds. The lowest BCUT2D eigenvalue weighted by molar-refractivity contribution is -0.121. The van der Waals surface area contributed by atoms with Crippen LogP contribution in [0.3, 0.4) is 0 Å². The van der Waals surface area contributed by atoms with Crippen molar-refractivity contribution in [2.45, 2.75) is 49.1 Å². The molecule has 0 spiro atoms. The van der Waals surface area contributed by atoms with Crippen LogP contribution in [0.2, 0.25) is 0 Å². The third-order valence-electron chi connectivity index (χ3n) is 6.67. The summed E-state index contributed by atoms with van der Waals surface area (Å²) < 4.78 is 27.4. The molecule has 2 fully saturated rings. The molecule has 2 aliphatic carbocycles. The van der Waals surface area contributed by atoms with E-state index in [4.69, 9.17) is 5.73 Å². The molecule has 0 aromatic heterocycles. The number of hydrogen-bond acceptors (Lipinski definition) is 4. The van der Waals surface area contributed by atoms with Gasteiger partial charge in [-0.2, -0.15) is 0 Å². The number of hydrogen-bond donors (Lipinski definition) is 2. The maximum absolute atomic E-state index is 13.1. The number of anilines is 1. The zero-order valence-corrected chi connectivity index (χ0v) is 17.7. The summed E-state index contributed by atoms with van der Waals surface area (Å²) in [4.78, 5) is 13.2. The minimum atomic E-state index is -3.71. The van der Waals surface area contributed by atoms with E-state index in [0.717, 1.165) is 31.1 Å². The molecule has 1 heterocycles. The first kappa shape index (κ1) is 20.4. The lowest BCUT2D eigenvalue weighted by atomic mass is 9.67. The van der Waals surface area contributed by atoms with Crippen LogP contribution in [0.15, 0.2) is 41.3 Å². The Balaban J connectivity index is 0.00000205. The molecule has 0 saturated heterocycles. The number of nitrogens with two attached hydrogens (primary N) is 1. The van der Waals surface area contributed by atoms with Gasteiger partial charge in [-0.3, -0.25) is 9.10 Å². The molecular formula is C21H26ClN3O3S. The minimum Gasteiger partial charge on any atom is -0.351 e. The number of sulfonamides is 1. The van der Waals surface area contributed by atoms with Gasteiger partial charge in [0, 0.05) is 17.5 Å². The lowest BCUT2D eigenvalue weighted by Crippen LogP contribution is -2.55. The number of nitrogens with zero attached hydrogens (tertiary/aromatic N) is 1. The zero-order valence-electron chi connectivity index (χ0n) is 16.1. The van der Waals surface area contributed by atoms with E-state index in [1.807, 2.05) is 18.2 Å². The molecule has 0 radical (unpaired) electrons. The molecule has 2 unspecified atom stereocenters. The molecule has 2 aromatic carbocycles. The topological polar surface area (TPSA) is 92.5 Å². The summed E-state index contributed by atoms with van der Waals surface area (Å²) in [6.07, 6.45) is 5.23. The highest BCUT2D eigenvalue weighted by Crippen LogP contribution is 2.42. The van der Waals surface area contributed by atoms with Gasteiger partial charge >= 0.3 is 0 Å². The molecular weight excluding hydrogens is 410 g/mol. The first-order chi connectivity index (χ1) is 13.4. The molecule has 1 aliphatic heterocycles. The van der Waals surface area contributed by atoms with Gasteiger partial charge in [0.15, 0.2) is 0 Å². The Labute approximate surface area is 177 Å². The molecule has 6 nitrogen and oxygen atoms in total. The van der Waals surface area contributed by atoms with Crippen LogP contribution in [0.5, 0.6) is 0 Å². The van der Waals surface area contributed by atoms with Gasteiger partial charge in [0.25, 0.3) is 10.0 Å². The fraction of sp³-hybridized carbons (Fsp3) is 0.476. The van der Waals surface area contributed by atoms with E-state index in [-0.39, 0.29) is 41.8 Å². The standard InChI is InChI=1S/C21H25N3O3S.ClH/c22-16-10-14-6-1-7-15(11-16)21(14)23-19(25)12-24-17-8-2-4-13-5-3-9-18(20(13)17)28(24,26)27;/h2-5,8-9,14-16,21H,1,6-7,10-12,22H2,(H,23,25);1H. The van der Waals surface area contributed by atoms with Crippen molar-refractivity contribution < 1.29 is 13.2 Å². The maximum atomic E-state index is 13.1. The Morgan fingerprint density at radius 2 is 1.76 bits per heavy atom. The van der Waals surface area contributed by atoms with E-state index < -0.39 is 10.0 Å². The number of halogens is 1. The second kappa shape index (κ2) is 7.45. The van der Waals surface area contributed by atoms with Gasteiger partial charge in [-0.1, -0.05) is 30.7 Å². The van der Waals surface area contributed by atoms with Crippen LogP contribution in [0.4, 0.5) is 5.69 Å². The van der Waals surface area contributed by atoms with E-state index >= 15 is 0 Å². The van der Waals surface area contributed by atoms with Crippen molar-refractivity contribution in [3.8, 4) is 0 Å². The number of rotatable bonds is 3. The summed E-state index contributed by atoms with van der Waals surface area (Å²) in [5, 5.41) is 4.74. The quantitative estimate of drug-likeness (QED) is 0.775. The highest BCUT2D eigenvalue weighted by molar-refractivity contribution is 7.93. The van der Waals surface area contributed by atoms with Crippen LogP contribution < -0.4 is 15.4 Å². The van der Waals surface area contributed by atoms with Crippen LogP contribution in [0.1, 0.15) is 32.1 Å². The second-order valence-electron chi connectivity index (χ2n) is 8.42. The van der Waals surface area contributed by atoms with E-state index in [0.29, 0.717) is 22.9 Å². The van der Waals surface area contributed by atoms with Gasteiger partial charge < -0.3 is 11.1 Å². The Bertz CT molecular complexity index is 1040. The minimum absolute atomic E-state index is 0. The molecule has 29 heavy (non-hydrogen) atoms. The van der Waals surface area contributed by atoms with E-state index in [1.165, 1.54) is 10.7 Å². The Morgan fingerprint density at radius 3 is 2.45 bits per heavy atom. The molecule has 3 N–H and O–H groups in total. The molecule has 2 aromatic rings. The van der Waals surface area contributed by atoms with Gasteiger partial charge in [-0.15, -0.1) is 12.4 Å². The van der Waals surface area contributed by atoms with Crippen LogP contribution >= 0.6 is 12.4 Å². The summed E-state index contributed by atoms with van der Waals surface area (Å²) in [5.41, 5.74) is 6.77. The van der Waals surface area contributed by atoms with Crippen molar-refractivity contribution in [3.63, 3.8) is 0 Å². The third-order valence-corrected chi connectivity index (χ3v) is 8.47. The largest absolute Gasteiger partial charge is 0.351 e. The summed E-state index contributed by atoms with van der Waals surface area (Å²) in [7, 11) is -3.71. The van der Waals surface area contributed by atoms with Crippen LogP contribution in [0, 0.1) is 11.8 Å². The molecule has 2 saturated carbocycles. The SMILES string of the molecule is Cl.NC1CC2CCCC(C1)C2NC(=O)CN1c2cccc3cccc(c23)S1(=O)=O. The normalized spacial score (nSPS) is 29.3. The van der Waals surface area contributed by atoms with Crippen LogP contribution in [0.25, 0.3) is 10.8 Å². The summed E-state index contributed by atoms with van der Waals surface area (Å²) in [5.74, 6) is 0.579. The molecule has 8 heteroatoms. The van der Waals surface area contributed by atoms with Gasteiger partial charge in [0.1, 0.15) is 6.54 Å². The molecule has 156 valence electrons. The zero-order chi connectivity index (χ0) is 19.5. The average Bonchev–Trinajstić information content (AvgIpc) is 2.86. The Hall–Kier alpha value is -1.83. The smallest absolute Gasteiger partial charge is 0.265 e. The summed E-state index contributed by atoms with van der Waals surface area (Å²) >= 11 is 0. The van der Waals surface area contributed by atoms with Gasteiger partial charge in [0.2, 0.25) is 5.91 Å². The fourth-order valence-corrected chi connectivity index (χ4v) is 7.18. The number of carbonyl (C=O) groups excluding carboxylic acids is 1. The van der Waals surface area contributed by atoms with E-state index in [2.05, 4.69) is 5.32 Å². The van der Waals surface area contributed by atoms with Crippen molar-refractivity contribution in [1.29, 1.82) is 0 Å². The first-order valence-corrected chi connectivity index (χ1v) is 11.5. The summed E-state index contributed by atoms with van der Waals surface area (Å²) in [6, 6.07) is 11.1. The predicted molar refractivity (Wildman–Crippen MR) is 116 cm³/mol. The first-order valence-electron chi connectivity index (χ1n) is 10.0. The van der Waals surface area contributed by atoms with Gasteiger partial charge in [-0.25, -0.2) is 8.42 Å². The Morgan fingerprint density at radius 1 is 1.10 bits per heavy atom. The predicted octanol–water partition coefficient (Wildman–Crippen LogP) is 2.79. The molecule has 5 rings (SSSR count). The second-order valence-corrected chi connectivity index (χ2v) is 10.2. The number of nitrogens with one attached hydrogen (secondary N) is 1. The maximum Gasteiger partial charge on any atom is 0.265 e. The van der Waals surface area contributed by atoms with Crippen molar-refractivity contribution >= 4 is 44.8 Å². The lowest BCUT2D eigenvalue weighted by Gasteiger charge is -2.45. The van der Waals surface area contributed by atoms with E-state index in [1.54, 1.807) is 18.2 Å². The van der Waals surface area contributed by atoms with Crippen molar-refractivity contribution in [3.05, 3.63) is 36.4 Å². The highest BCUT2D eigenvalue weighted by atomic mass is 35.5. The van der Waals surface area contributed by atoms with Crippen molar-refractivity contribution in [2.24, 2.45) is 17.6 Å². The summed E-state index contributed by atoms with van der Waals surface area (Å²) in [6.45, 7) is -0.182. The van der Waals surface area contributed by atoms with Gasteiger partial charge in [-0.05, 0) is 55.0 Å². The van der Waals surface area contributed by atoms with Crippen LogP contribution in [-0.4, -0.2) is 33.0 Å². The monoisotopic (exact) mass is 435 g/mol. The molecule has 2 bridgehead atoms. The number of carbonyl (C=O) groups is 1. The number of benzene rings is 2. The molecule has 3 aliphatic rings. The molecule has 2 atom stereocenters. The van der Waals surface area contributed by atoms with Crippen molar-refractivity contribution in [2.75, 3.05) is 10.8 Å². The number of amides is 1. The Kier molecular flexibility index (Phi) is 5.25. The van der Waals surface area contributed by atoms with E-state index in [9.17, 15) is 13.2 Å². The number of fused-ring (bicyclic) bond motifs is 2. The third kappa shape index (κ3) is 3.29. The average molecular weight is 436 g/mol. The van der Waals surface area contributed by atoms with Gasteiger partial charge in [0.05, 0.1) is 10.6 Å².